The van der Waals surface area contributed by atoms with E-state index < -0.39 is 11.9 Å². The molecule has 0 bridgehead atoms. The van der Waals surface area contributed by atoms with Crippen LogP contribution in [-0.4, -0.2) is 38.1 Å². The van der Waals surface area contributed by atoms with E-state index in [4.69, 9.17) is 11.5 Å². The number of carbonyl (C=O) groups is 2. The quantitative estimate of drug-likeness (QED) is 0.205. The van der Waals surface area contributed by atoms with Crippen molar-refractivity contribution in [1.82, 2.24) is 11.0 Å². The topological polar surface area (TPSA) is 129 Å². The van der Waals surface area contributed by atoms with Gasteiger partial charge in [-0.2, -0.15) is 11.0 Å². The van der Waals surface area contributed by atoms with Crippen molar-refractivity contribution >= 4 is 11.9 Å². The molecule has 0 heterocycles. The van der Waals surface area contributed by atoms with Gasteiger partial charge in [0.15, 0.2) is 0 Å². The van der Waals surface area contributed by atoms with E-state index >= 15 is 0 Å². The Labute approximate surface area is 80.8 Å². The van der Waals surface area contributed by atoms with Gasteiger partial charge in [0.25, 0.3) is 0 Å². The lowest BCUT2D eigenvalue weighted by Crippen LogP contribution is -2.34. The number of rotatable bonds is 6. The maximum atomic E-state index is 10.7. The molecule has 8 nitrogen and oxygen atoms in total. The van der Waals surface area contributed by atoms with Crippen molar-refractivity contribution in [3.05, 3.63) is 0 Å². The Morgan fingerprint density at radius 1 is 0.929 bits per heavy atom. The highest BCUT2D eigenvalue weighted by Crippen LogP contribution is 1.78. The largest absolute Gasteiger partial charge is 0.437 e. The molecule has 0 aliphatic carbocycles. The first-order valence-corrected chi connectivity index (χ1v) is 4.00. The summed E-state index contributed by atoms with van der Waals surface area (Å²) in [5.74, 6) is -2.30. The normalized spacial score (nSPS) is 9.57. The lowest BCUT2D eigenvalue weighted by Gasteiger charge is -2.04. The Kier molecular flexibility index (Phi) is 7.65. The summed E-state index contributed by atoms with van der Waals surface area (Å²) in [6, 6.07) is 0. The average Bonchev–Trinajstić information content (AvgIpc) is 2.18. The zero-order valence-corrected chi connectivity index (χ0v) is 7.62. The first-order valence-electron chi connectivity index (χ1n) is 4.00. The summed E-state index contributed by atoms with van der Waals surface area (Å²) in [4.78, 5) is 30.0. The Morgan fingerprint density at radius 2 is 1.29 bits per heavy atom. The van der Waals surface area contributed by atoms with Gasteiger partial charge in [-0.3, -0.25) is 0 Å². The van der Waals surface area contributed by atoms with Crippen molar-refractivity contribution in [3.63, 3.8) is 0 Å². The third-order valence-corrected chi connectivity index (χ3v) is 0.989. The summed E-state index contributed by atoms with van der Waals surface area (Å²) in [6.45, 7) is 1.09. The first kappa shape index (κ1) is 12.8. The van der Waals surface area contributed by atoms with E-state index in [0.717, 1.165) is 0 Å². The number of hydroxylamine groups is 2. The van der Waals surface area contributed by atoms with Crippen molar-refractivity contribution in [2.45, 2.75) is 0 Å². The summed E-state index contributed by atoms with van der Waals surface area (Å²) < 4.78 is 0. The molecule has 0 atom stereocenters. The van der Waals surface area contributed by atoms with E-state index in [0.29, 0.717) is 0 Å². The molecule has 8 heteroatoms. The highest BCUT2D eigenvalue weighted by Gasteiger charge is 2.17. The highest BCUT2D eigenvalue weighted by molar-refractivity contribution is 6.29. The molecular weight excluding hydrogens is 192 g/mol. The van der Waals surface area contributed by atoms with E-state index in [1.165, 1.54) is 0 Å². The molecule has 0 amide bonds. The Balaban J connectivity index is 3.50. The van der Waals surface area contributed by atoms with Crippen molar-refractivity contribution in [1.29, 1.82) is 0 Å². The molecule has 0 aliphatic rings. The Morgan fingerprint density at radius 3 is 1.57 bits per heavy atom. The van der Waals surface area contributed by atoms with Crippen molar-refractivity contribution in [2.24, 2.45) is 11.5 Å². The van der Waals surface area contributed by atoms with Gasteiger partial charge in [0, 0.05) is 26.2 Å². The molecule has 6 N–H and O–H groups in total. The fraction of sp³-hybridized carbons (Fsp3) is 0.667. The first-order chi connectivity index (χ1) is 6.72. The summed E-state index contributed by atoms with van der Waals surface area (Å²) in [5, 5.41) is 0. The smallest absolute Gasteiger partial charge is 0.362 e. The zero-order valence-electron chi connectivity index (χ0n) is 7.62. The lowest BCUT2D eigenvalue weighted by molar-refractivity contribution is -0.176. The number of nitrogens with two attached hydrogens (primary N) is 2. The van der Waals surface area contributed by atoms with Gasteiger partial charge in [-0.25, -0.2) is 9.59 Å². The molecule has 0 aromatic heterocycles. The van der Waals surface area contributed by atoms with Crippen LogP contribution in [0, 0.1) is 0 Å². The van der Waals surface area contributed by atoms with Gasteiger partial charge in [0.05, 0.1) is 0 Å². The van der Waals surface area contributed by atoms with Crippen LogP contribution < -0.4 is 22.4 Å². The second kappa shape index (κ2) is 8.38. The van der Waals surface area contributed by atoms with E-state index in [9.17, 15) is 9.59 Å². The molecule has 0 unspecified atom stereocenters. The molecule has 0 saturated heterocycles. The minimum atomic E-state index is -1.15. The van der Waals surface area contributed by atoms with Gasteiger partial charge >= 0.3 is 11.9 Å². The number of hydrogen-bond acceptors (Lipinski definition) is 8. The van der Waals surface area contributed by atoms with Crippen LogP contribution >= 0.6 is 0 Å². The molecule has 0 radical (unpaired) electrons. The molecule has 82 valence electrons. The SMILES string of the molecule is NCCNOC(=O)C(=O)ONCCN. The molecule has 0 spiro atoms. The summed E-state index contributed by atoms with van der Waals surface area (Å²) in [5.41, 5.74) is 14.5. The predicted molar refractivity (Wildman–Crippen MR) is 46.3 cm³/mol. The molecule has 0 rings (SSSR count). The van der Waals surface area contributed by atoms with E-state index in [-0.39, 0.29) is 26.2 Å². The second-order valence-corrected chi connectivity index (χ2v) is 2.15. The third-order valence-electron chi connectivity index (χ3n) is 0.989. The molecule has 0 saturated carbocycles. The molecule has 0 aliphatic heterocycles. The number of carbonyl (C=O) groups excluding carboxylic acids is 2. The molecule has 0 aromatic rings. The maximum absolute atomic E-state index is 10.7. The van der Waals surface area contributed by atoms with Crippen LogP contribution in [0.25, 0.3) is 0 Å². The molecule has 0 fully saturated rings. The Bertz CT molecular complexity index is 167. The Hall–Kier alpha value is -1.22. The molecule has 14 heavy (non-hydrogen) atoms. The molecule has 0 aromatic carbocycles. The summed E-state index contributed by atoms with van der Waals surface area (Å²) in [6.07, 6.45) is 0. The van der Waals surface area contributed by atoms with Crippen molar-refractivity contribution in [2.75, 3.05) is 26.2 Å². The maximum Gasteiger partial charge on any atom is 0.437 e. The number of nitrogens with one attached hydrogen (secondary N) is 2. The van der Waals surface area contributed by atoms with Crippen molar-refractivity contribution in [3.8, 4) is 0 Å². The van der Waals surface area contributed by atoms with Crippen LogP contribution in [-0.2, 0) is 19.3 Å². The number of hydrogen-bond donors (Lipinski definition) is 4. The van der Waals surface area contributed by atoms with Crippen LogP contribution in [0.3, 0.4) is 0 Å². The minimum Gasteiger partial charge on any atom is -0.362 e. The van der Waals surface area contributed by atoms with E-state index in [2.05, 4.69) is 20.6 Å². The summed E-state index contributed by atoms with van der Waals surface area (Å²) in [7, 11) is 0. The van der Waals surface area contributed by atoms with Crippen LogP contribution in [0.1, 0.15) is 0 Å². The van der Waals surface area contributed by atoms with Gasteiger partial charge in [-0.15, -0.1) is 0 Å². The van der Waals surface area contributed by atoms with Gasteiger partial charge in [-0.05, 0) is 0 Å². The summed E-state index contributed by atoms with van der Waals surface area (Å²) >= 11 is 0. The van der Waals surface area contributed by atoms with Gasteiger partial charge in [0.2, 0.25) is 0 Å². The average molecular weight is 206 g/mol. The standard InChI is InChI=1S/C6H14N4O4/c7-1-3-9-13-5(11)6(12)14-10-4-2-8/h9-10H,1-4,7-8H2. The van der Waals surface area contributed by atoms with Gasteiger partial charge in [-0.1, -0.05) is 0 Å². The lowest BCUT2D eigenvalue weighted by atomic mass is 10.7. The highest BCUT2D eigenvalue weighted by atomic mass is 16.7. The van der Waals surface area contributed by atoms with Gasteiger partial charge < -0.3 is 21.1 Å². The van der Waals surface area contributed by atoms with Gasteiger partial charge in [0.1, 0.15) is 0 Å². The fourth-order valence-electron chi connectivity index (χ4n) is 0.434. The molecular formula is C6H14N4O4. The van der Waals surface area contributed by atoms with E-state index in [1.807, 2.05) is 0 Å². The van der Waals surface area contributed by atoms with Crippen LogP contribution in [0.4, 0.5) is 0 Å². The van der Waals surface area contributed by atoms with E-state index in [1.54, 1.807) is 0 Å². The van der Waals surface area contributed by atoms with Crippen LogP contribution in [0.15, 0.2) is 0 Å². The predicted octanol–water partition coefficient (Wildman–Crippen LogP) is -3.00. The third kappa shape index (κ3) is 6.31. The van der Waals surface area contributed by atoms with Crippen molar-refractivity contribution < 1.29 is 19.3 Å². The monoisotopic (exact) mass is 206 g/mol. The van der Waals surface area contributed by atoms with Crippen LogP contribution in [0.2, 0.25) is 0 Å². The fourth-order valence-corrected chi connectivity index (χ4v) is 0.434. The second-order valence-electron chi connectivity index (χ2n) is 2.15. The van der Waals surface area contributed by atoms with Crippen LogP contribution in [0.5, 0.6) is 0 Å². The minimum absolute atomic E-state index is 0.259. The zero-order chi connectivity index (χ0) is 10.8.